The van der Waals surface area contributed by atoms with Gasteiger partial charge in [0.15, 0.2) is 11.6 Å². The fraction of sp³-hybridized carbons (Fsp3) is 0.176. The molecule has 0 unspecified atom stereocenters. The predicted molar refractivity (Wildman–Crippen MR) is 83.0 cm³/mol. The summed E-state index contributed by atoms with van der Waals surface area (Å²) >= 11 is 0. The molecular formula is C17H17N3O. The molecule has 3 rings (SSSR count). The van der Waals surface area contributed by atoms with E-state index in [0.29, 0.717) is 23.1 Å². The molecule has 3 aromatic rings. The number of phenolic OH excluding ortho intramolecular Hbond substituents is 1. The van der Waals surface area contributed by atoms with Crippen LogP contribution in [0.5, 0.6) is 5.75 Å². The Kier molecular flexibility index (Phi) is 3.44. The second kappa shape index (κ2) is 5.40. The number of aromatic nitrogens is 3. The molecule has 1 aromatic heterocycles. The van der Waals surface area contributed by atoms with Crippen LogP contribution in [-0.2, 0) is 0 Å². The Morgan fingerprint density at radius 2 is 1.81 bits per heavy atom. The molecule has 1 heterocycles. The van der Waals surface area contributed by atoms with Crippen molar-refractivity contribution in [1.29, 1.82) is 0 Å². The highest BCUT2D eigenvalue weighted by atomic mass is 16.3. The monoisotopic (exact) mass is 279 g/mol. The minimum atomic E-state index is 0.208. The van der Waals surface area contributed by atoms with Gasteiger partial charge in [0.25, 0.3) is 0 Å². The van der Waals surface area contributed by atoms with Crippen molar-refractivity contribution in [3.8, 4) is 28.5 Å². The van der Waals surface area contributed by atoms with E-state index in [0.717, 1.165) is 11.1 Å². The summed E-state index contributed by atoms with van der Waals surface area (Å²) in [5.41, 5.74) is 2.70. The molecule has 21 heavy (non-hydrogen) atoms. The van der Waals surface area contributed by atoms with Crippen molar-refractivity contribution in [2.45, 2.75) is 19.8 Å². The normalized spacial score (nSPS) is 11.0. The Bertz CT molecular complexity index is 748. The molecule has 4 nitrogen and oxygen atoms in total. The Balaban J connectivity index is 1.97. The topological polar surface area (TPSA) is 61.8 Å². The number of aromatic hydroxyl groups is 1. The highest BCUT2D eigenvalue weighted by Crippen LogP contribution is 2.30. The quantitative estimate of drug-likeness (QED) is 0.762. The molecule has 0 aliphatic rings. The molecule has 106 valence electrons. The zero-order valence-electron chi connectivity index (χ0n) is 12.0. The van der Waals surface area contributed by atoms with E-state index in [1.807, 2.05) is 42.5 Å². The third-order valence-corrected chi connectivity index (χ3v) is 3.46. The minimum absolute atomic E-state index is 0.208. The highest BCUT2D eigenvalue weighted by molar-refractivity contribution is 5.66. The van der Waals surface area contributed by atoms with Gasteiger partial charge in [-0.2, -0.15) is 5.10 Å². The number of rotatable bonds is 3. The first-order valence-electron chi connectivity index (χ1n) is 6.96. The van der Waals surface area contributed by atoms with E-state index in [1.165, 1.54) is 0 Å². The summed E-state index contributed by atoms with van der Waals surface area (Å²) in [5.74, 6) is 1.77. The molecule has 2 aromatic carbocycles. The van der Waals surface area contributed by atoms with Gasteiger partial charge >= 0.3 is 0 Å². The van der Waals surface area contributed by atoms with E-state index in [9.17, 15) is 5.11 Å². The first-order chi connectivity index (χ1) is 10.1. The fourth-order valence-corrected chi connectivity index (χ4v) is 2.20. The van der Waals surface area contributed by atoms with Crippen molar-refractivity contribution in [1.82, 2.24) is 15.2 Å². The van der Waals surface area contributed by atoms with Gasteiger partial charge in [0.1, 0.15) is 5.75 Å². The summed E-state index contributed by atoms with van der Waals surface area (Å²) in [6.45, 7) is 4.18. The zero-order valence-corrected chi connectivity index (χ0v) is 12.0. The lowest BCUT2D eigenvalue weighted by atomic mass is 10.0. The van der Waals surface area contributed by atoms with Gasteiger partial charge in [0, 0.05) is 5.56 Å². The maximum atomic E-state index is 10.2. The Morgan fingerprint density at radius 1 is 1.05 bits per heavy atom. The molecule has 0 fully saturated rings. The third-order valence-electron chi connectivity index (χ3n) is 3.46. The van der Waals surface area contributed by atoms with Crippen molar-refractivity contribution in [3.05, 3.63) is 54.1 Å². The molecule has 0 atom stereocenters. The average molecular weight is 279 g/mol. The smallest absolute Gasteiger partial charge is 0.185 e. The number of hydrogen-bond donors (Lipinski definition) is 2. The van der Waals surface area contributed by atoms with Crippen LogP contribution in [0.3, 0.4) is 0 Å². The van der Waals surface area contributed by atoms with Crippen molar-refractivity contribution in [2.75, 3.05) is 0 Å². The molecule has 0 radical (unpaired) electrons. The van der Waals surface area contributed by atoms with Gasteiger partial charge in [-0.3, -0.25) is 5.10 Å². The molecule has 0 bridgehead atoms. The van der Waals surface area contributed by atoms with Crippen LogP contribution in [-0.4, -0.2) is 20.3 Å². The van der Waals surface area contributed by atoms with Crippen LogP contribution in [0.1, 0.15) is 25.3 Å². The Morgan fingerprint density at radius 3 is 2.48 bits per heavy atom. The molecule has 4 heteroatoms. The number of nitrogens with zero attached hydrogens (tertiary/aromatic N) is 2. The van der Waals surface area contributed by atoms with Gasteiger partial charge < -0.3 is 5.11 Å². The zero-order chi connectivity index (χ0) is 14.8. The molecule has 2 N–H and O–H groups in total. The van der Waals surface area contributed by atoms with Crippen molar-refractivity contribution >= 4 is 0 Å². The molecule has 0 aliphatic carbocycles. The summed E-state index contributed by atoms with van der Waals surface area (Å²) in [4.78, 5) is 4.46. The second-order valence-electron chi connectivity index (χ2n) is 5.30. The number of benzene rings is 2. The number of H-pyrrole nitrogens is 1. The van der Waals surface area contributed by atoms with Gasteiger partial charge in [-0.1, -0.05) is 50.2 Å². The second-order valence-corrected chi connectivity index (χ2v) is 5.30. The van der Waals surface area contributed by atoms with Crippen LogP contribution >= 0.6 is 0 Å². The van der Waals surface area contributed by atoms with E-state index >= 15 is 0 Å². The van der Waals surface area contributed by atoms with Gasteiger partial charge in [-0.05, 0) is 23.6 Å². The SMILES string of the molecule is CC(C)c1ccc(-c2n[nH]c(-c3ccccc3)n2)c(O)c1. The highest BCUT2D eigenvalue weighted by Gasteiger charge is 2.12. The van der Waals surface area contributed by atoms with Crippen LogP contribution in [0.25, 0.3) is 22.8 Å². The molecule has 0 amide bonds. The third kappa shape index (κ3) is 2.65. The van der Waals surface area contributed by atoms with Crippen LogP contribution in [0.15, 0.2) is 48.5 Å². The lowest BCUT2D eigenvalue weighted by molar-refractivity contribution is 0.475. The van der Waals surface area contributed by atoms with Crippen LogP contribution in [0.4, 0.5) is 0 Å². The summed E-state index contributed by atoms with van der Waals surface area (Å²) in [6, 6.07) is 15.4. The van der Waals surface area contributed by atoms with Crippen LogP contribution in [0, 0.1) is 0 Å². The fourth-order valence-electron chi connectivity index (χ4n) is 2.20. The average Bonchev–Trinajstić information content (AvgIpc) is 2.97. The van der Waals surface area contributed by atoms with Crippen LogP contribution < -0.4 is 0 Å². The van der Waals surface area contributed by atoms with E-state index in [-0.39, 0.29) is 5.75 Å². The number of aromatic amines is 1. The van der Waals surface area contributed by atoms with E-state index in [4.69, 9.17) is 0 Å². The molecular weight excluding hydrogens is 262 g/mol. The standard InChI is InChI=1S/C17H17N3O/c1-11(2)13-8-9-14(15(21)10-13)17-18-16(19-20-17)12-6-4-3-5-7-12/h3-11,21H,1-2H3,(H,18,19,20). The molecule has 0 saturated heterocycles. The first-order valence-corrected chi connectivity index (χ1v) is 6.96. The van der Waals surface area contributed by atoms with Crippen molar-refractivity contribution in [3.63, 3.8) is 0 Å². The lowest BCUT2D eigenvalue weighted by Crippen LogP contribution is -1.89. The van der Waals surface area contributed by atoms with Crippen LogP contribution in [0.2, 0.25) is 0 Å². The summed E-state index contributed by atoms with van der Waals surface area (Å²) in [7, 11) is 0. The largest absolute Gasteiger partial charge is 0.507 e. The van der Waals surface area contributed by atoms with E-state index in [1.54, 1.807) is 6.07 Å². The molecule has 0 saturated carbocycles. The number of nitrogens with one attached hydrogen (secondary N) is 1. The van der Waals surface area contributed by atoms with Crippen molar-refractivity contribution in [2.24, 2.45) is 0 Å². The van der Waals surface area contributed by atoms with E-state index in [2.05, 4.69) is 29.0 Å². The Hall–Kier alpha value is -2.62. The minimum Gasteiger partial charge on any atom is -0.507 e. The van der Waals surface area contributed by atoms with Gasteiger partial charge in [0.05, 0.1) is 5.56 Å². The maximum absolute atomic E-state index is 10.2. The Labute approximate surface area is 123 Å². The predicted octanol–water partition coefficient (Wildman–Crippen LogP) is 3.97. The molecule has 0 spiro atoms. The summed E-state index contributed by atoms with van der Waals surface area (Å²) in [6.07, 6.45) is 0. The maximum Gasteiger partial charge on any atom is 0.185 e. The first kappa shape index (κ1) is 13.4. The van der Waals surface area contributed by atoms with Crippen molar-refractivity contribution < 1.29 is 5.11 Å². The number of hydrogen-bond acceptors (Lipinski definition) is 3. The van der Waals surface area contributed by atoms with Gasteiger partial charge in [0.2, 0.25) is 0 Å². The van der Waals surface area contributed by atoms with Gasteiger partial charge in [-0.15, -0.1) is 0 Å². The number of phenols is 1. The van der Waals surface area contributed by atoms with E-state index < -0.39 is 0 Å². The van der Waals surface area contributed by atoms with Gasteiger partial charge in [-0.25, -0.2) is 4.98 Å². The lowest BCUT2D eigenvalue weighted by Gasteiger charge is -2.07. The summed E-state index contributed by atoms with van der Waals surface area (Å²) in [5, 5.41) is 17.3. The molecule has 0 aliphatic heterocycles. The summed E-state index contributed by atoms with van der Waals surface area (Å²) < 4.78 is 0.